The molecule has 0 N–H and O–H groups in total. The number of halogens is 4. The predicted octanol–water partition coefficient (Wildman–Crippen LogP) is 4.67. The molecule has 0 saturated carbocycles. The third-order valence-electron chi connectivity index (χ3n) is 3.72. The molecule has 1 aliphatic heterocycles. The maximum atomic E-state index is 12.8. The van der Waals surface area contributed by atoms with Gasteiger partial charge in [-0.2, -0.15) is 13.2 Å². The molecule has 19 heavy (non-hydrogen) atoms. The Morgan fingerprint density at radius 3 is 2.68 bits per heavy atom. The summed E-state index contributed by atoms with van der Waals surface area (Å²) in [5.41, 5.74) is 3.19. The Morgan fingerprint density at radius 1 is 1.37 bits per heavy atom. The molecule has 5 heteroatoms. The summed E-state index contributed by atoms with van der Waals surface area (Å²) in [7, 11) is 0. The fraction of sp³-hybridized carbons (Fsp3) is 0.571. The van der Waals surface area contributed by atoms with E-state index in [4.69, 9.17) is 0 Å². The maximum absolute atomic E-state index is 12.8. The number of aryl methyl sites for hydroxylation is 1. The molecule has 1 aromatic carbocycles. The molecule has 0 radical (unpaired) electrons. The molecule has 1 atom stereocenters. The van der Waals surface area contributed by atoms with E-state index >= 15 is 0 Å². The lowest BCUT2D eigenvalue weighted by Gasteiger charge is -2.35. The lowest BCUT2D eigenvalue weighted by molar-refractivity contribution is -0.175. The fourth-order valence-electron chi connectivity index (χ4n) is 2.51. The third-order valence-corrected chi connectivity index (χ3v) is 4.32. The average molecular weight is 336 g/mol. The average Bonchev–Trinajstić information content (AvgIpc) is 2.38. The standard InChI is InChI=1S/C14H17BrF3N/c1-10-7-13(5-4-11(10)8-15)19-6-2-3-12(9-19)14(16,17)18/h4-5,7,12H,2-3,6,8-9H2,1H3. The number of benzene rings is 1. The lowest BCUT2D eigenvalue weighted by Crippen LogP contribution is -2.41. The molecule has 1 heterocycles. The van der Waals surface area contributed by atoms with E-state index in [0.717, 1.165) is 16.6 Å². The fourth-order valence-corrected chi connectivity index (χ4v) is 3.13. The molecular formula is C14H17BrF3N. The van der Waals surface area contributed by atoms with Gasteiger partial charge in [0.05, 0.1) is 5.92 Å². The first kappa shape index (κ1) is 14.7. The van der Waals surface area contributed by atoms with Crippen molar-refractivity contribution in [1.29, 1.82) is 0 Å². The predicted molar refractivity (Wildman–Crippen MR) is 74.8 cm³/mol. The first-order chi connectivity index (χ1) is 8.91. The van der Waals surface area contributed by atoms with Crippen molar-refractivity contribution in [3.05, 3.63) is 29.3 Å². The highest BCUT2D eigenvalue weighted by Gasteiger charge is 2.41. The van der Waals surface area contributed by atoms with Crippen LogP contribution in [0.4, 0.5) is 18.9 Å². The third kappa shape index (κ3) is 3.44. The highest BCUT2D eigenvalue weighted by atomic mass is 79.9. The van der Waals surface area contributed by atoms with E-state index in [0.29, 0.717) is 13.0 Å². The second kappa shape index (κ2) is 5.73. The molecule has 1 nitrogen and oxygen atoms in total. The SMILES string of the molecule is Cc1cc(N2CCCC(C(F)(F)F)C2)ccc1CBr. The zero-order valence-corrected chi connectivity index (χ0v) is 12.4. The number of hydrogen-bond acceptors (Lipinski definition) is 1. The Hall–Kier alpha value is -0.710. The van der Waals surface area contributed by atoms with Crippen LogP contribution in [0.15, 0.2) is 18.2 Å². The van der Waals surface area contributed by atoms with Gasteiger partial charge in [-0.1, -0.05) is 22.0 Å². The van der Waals surface area contributed by atoms with E-state index in [9.17, 15) is 13.2 Å². The van der Waals surface area contributed by atoms with Crippen LogP contribution in [-0.2, 0) is 5.33 Å². The van der Waals surface area contributed by atoms with E-state index < -0.39 is 12.1 Å². The van der Waals surface area contributed by atoms with Crippen LogP contribution in [0, 0.1) is 12.8 Å². The van der Waals surface area contributed by atoms with Crippen LogP contribution in [-0.4, -0.2) is 19.3 Å². The minimum atomic E-state index is -4.08. The van der Waals surface area contributed by atoms with E-state index in [2.05, 4.69) is 15.9 Å². The summed E-state index contributed by atoms with van der Waals surface area (Å²) < 4.78 is 38.4. The molecule has 1 aliphatic rings. The van der Waals surface area contributed by atoms with E-state index in [1.165, 1.54) is 5.56 Å². The largest absolute Gasteiger partial charge is 0.393 e. The molecule has 0 aliphatic carbocycles. The monoisotopic (exact) mass is 335 g/mol. The van der Waals surface area contributed by atoms with E-state index in [-0.39, 0.29) is 13.0 Å². The van der Waals surface area contributed by atoms with Crippen molar-refractivity contribution in [3.8, 4) is 0 Å². The summed E-state index contributed by atoms with van der Waals surface area (Å²) in [5.74, 6) is -1.20. The maximum Gasteiger partial charge on any atom is 0.393 e. The van der Waals surface area contributed by atoms with E-state index in [1.54, 1.807) is 0 Å². The number of piperidine rings is 1. The van der Waals surface area contributed by atoms with Crippen molar-refractivity contribution in [1.82, 2.24) is 0 Å². The van der Waals surface area contributed by atoms with Gasteiger partial charge in [-0.25, -0.2) is 0 Å². The summed E-state index contributed by atoms with van der Waals surface area (Å²) in [5, 5.41) is 0.768. The molecule has 1 aromatic rings. The summed E-state index contributed by atoms with van der Waals surface area (Å²) >= 11 is 3.40. The Morgan fingerprint density at radius 2 is 2.11 bits per heavy atom. The topological polar surface area (TPSA) is 3.24 Å². The molecule has 0 amide bonds. The van der Waals surface area contributed by atoms with Crippen molar-refractivity contribution in [2.45, 2.75) is 31.3 Å². The minimum absolute atomic E-state index is 0.0800. The molecule has 1 unspecified atom stereocenters. The van der Waals surface area contributed by atoms with Crippen molar-refractivity contribution < 1.29 is 13.2 Å². The van der Waals surface area contributed by atoms with Gasteiger partial charge in [-0.3, -0.25) is 0 Å². The number of hydrogen-bond donors (Lipinski definition) is 0. The van der Waals surface area contributed by atoms with Crippen LogP contribution in [0.5, 0.6) is 0 Å². The summed E-state index contributed by atoms with van der Waals surface area (Å²) in [4.78, 5) is 1.85. The number of anilines is 1. The Bertz CT molecular complexity index is 445. The van der Waals surface area contributed by atoms with Gasteiger partial charge in [0.25, 0.3) is 0 Å². The van der Waals surface area contributed by atoms with Gasteiger partial charge in [0.15, 0.2) is 0 Å². The van der Waals surface area contributed by atoms with Gasteiger partial charge < -0.3 is 4.90 Å². The number of alkyl halides is 4. The van der Waals surface area contributed by atoms with Crippen LogP contribution in [0.1, 0.15) is 24.0 Å². The molecular weight excluding hydrogens is 319 g/mol. The Kier molecular flexibility index (Phi) is 4.43. The normalized spacial score (nSPS) is 20.7. The highest BCUT2D eigenvalue weighted by Crippen LogP contribution is 2.35. The van der Waals surface area contributed by atoms with Crippen molar-refractivity contribution in [3.63, 3.8) is 0 Å². The number of rotatable bonds is 2. The Balaban J connectivity index is 2.15. The first-order valence-electron chi connectivity index (χ1n) is 6.39. The lowest BCUT2D eigenvalue weighted by atomic mass is 9.96. The molecule has 0 aromatic heterocycles. The van der Waals surface area contributed by atoms with Gasteiger partial charge in [0.2, 0.25) is 0 Å². The quantitative estimate of drug-likeness (QED) is 0.710. The first-order valence-corrected chi connectivity index (χ1v) is 7.51. The molecule has 0 bridgehead atoms. The molecule has 1 fully saturated rings. The van der Waals surface area contributed by atoms with Crippen LogP contribution >= 0.6 is 15.9 Å². The van der Waals surface area contributed by atoms with Crippen molar-refractivity contribution >= 4 is 21.6 Å². The van der Waals surface area contributed by atoms with Crippen molar-refractivity contribution in [2.24, 2.45) is 5.92 Å². The zero-order chi connectivity index (χ0) is 14.0. The van der Waals surface area contributed by atoms with Gasteiger partial charge in [-0.05, 0) is 43.0 Å². The summed E-state index contributed by atoms with van der Waals surface area (Å²) in [6, 6.07) is 5.88. The molecule has 0 spiro atoms. The Labute approximate surface area is 119 Å². The van der Waals surface area contributed by atoms with Gasteiger partial charge in [-0.15, -0.1) is 0 Å². The molecule has 1 saturated heterocycles. The molecule has 2 rings (SSSR count). The van der Waals surface area contributed by atoms with Gasteiger partial charge in [0, 0.05) is 24.1 Å². The van der Waals surface area contributed by atoms with Gasteiger partial charge in [0.1, 0.15) is 0 Å². The van der Waals surface area contributed by atoms with Crippen LogP contribution in [0.25, 0.3) is 0 Å². The highest BCUT2D eigenvalue weighted by molar-refractivity contribution is 9.08. The zero-order valence-electron chi connectivity index (χ0n) is 10.8. The van der Waals surface area contributed by atoms with Crippen LogP contribution in [0.2, 0.25) is 0 Å². The minimum Gasteiger partial charge on any atom is -0.371 e. The summed E-state index contributed by atoms with van der Waals surface area (Å²) in [6.07, 6.45) is -3.23. The molecule has 106 valence electrons. The van der Waals surface area contributed by atoms with Crippen molar-refractivity contribution in [2.75, 3.05) is 18.0 Å². The second-order valence-electron chi connectivity index (χ2n) is 5.07. The van der Waals surface area contributed by atoms with Crippen LogP contribution < -0.4 is 4.90 Å². The van der Waals surface area contributed by atoms with E-state index in [1.807, 2.05) is 30.0 Å². The second-order valence-corrected chi connectivity index (χ2v) is 5.63. The smallest absolute Gasteiger partial charge is 0.371 e. The van der Waals surface area contributed by atoms with Gasteiger partial charge >= 0.3 is 6.18 Å². The number of nitrogens with zero attached hydrogens (tertiary/aromatic N) is 1. The summed E-state index contributed by atoms with van der Waals surface area (Å²) in [6.45, 7) is 2.78. The van der Waals surface area contributed by atoms with Crippen LogP contribution in [0.3, 0.4) is 0 Å².